The topological polar surface area (TPSA) is 96.2 Å². The molecule has 2 aromatic rings. The number of ether oxygens (including phenoxy) is 1. The van der Waals surface area contributed by atoms with E-state index >= 15 is 0 Å². The van der Waals surface area contributed by atoms with Crippen molar-refractivity contribution in [2.75, 3.05) is 5.73 Å². The van der Waals surface area contributed by atoms with Crippen LogP contribution in [0.1, 0.15) is 28.7 Å². The third kappa shape index (κ3) is 2.90. The summed E-state index contributed by atoms with van der Waals surface area (Å²) in [5.41, 5.74) is 13.7. The van der Waals surface area contributed by atoms with E-state index in [1.165, 1.54) is 0 Å². The number of benzene rings is 1. The van der Waals surface area contributed by atoms with Gasteiger partial charge in [-0.15, -0.1) is 0 Å². The minimum atomic E-state index is -0.542. The summed E-state index contributed by atoms with van der Waals surface area (Å²) >= 11 is 0. The standard InChI is InChI=1S/C14H18N4O2/c1-3-18-11(6-9(2)17-18)8-20-13-7-10(15)4-5-12(13)14(16)19/h4-7H,3,8,15H2,1-2H3,(H2,16,19). The van der Waals surface area contributed by atoms with E-state index in [9.17, 15) is 4.79 Å². The molecule has 1 amide bonds. The van der Waals surface area contributed by atoms with Gasteiger partial charge in [-0.2, -0.15) is 5.10 Å². The second-order valence-electron chi connectivity index (χ2n) is 4.50. The van der Waals surface area contributed by atoms with Crippen LogP contribution in [-0.4, -0.2) is 15.7 Å². The van der Waals surface area contributed by atoms with Gasteiger partial charge in [0, 0.05) is 18.3 Å². The molecule has 0 fully saturated rings. The Morgan fingerprint density at radius 1 is 1.40 bits per heavy atom. The van der Waals surface area contributed by atoms with Crippen molar-refractivity contribution < 1.29 is 9.53 Å². The molecule has 0 aliphatic carbocycles. The number of hydrogen-bond donors (Lipinski definition) is 2. The molecule has 2 rings (SSSR count). The maximum atomic E-state index is 11.4. The number of carbonyl (C=O) groups excluding carboxylic acids is 1. The first-order chi connectivity index (χ1) is 9.51. The van der Waals surface area contributed by atoms with Gasteiger partial charge >= 0.3 is 0 Å². The largest absolute Gasteiger partial charge is 0.486 e. The lowest BCUT2D eigenvalue weighted by molar-refractivity contribution is 0.0996. The molecule has 0 saturated carbocycles. The summed E-state index contributed by atoms with van der Waals surface area (Å²) in [6.07, 6.45) is 0. The second-order valence-corrected chi connectivity index (χ2v) is 4.50. The minimum Gasteiger partial charge on any atom is -0.486 e. The van der Waals surface area contributed by atoms with Gasteiger partial charge in [-0.25, -0.2) is 0 Å². The molecule has 106 valence electrons. The van der Waals surface area contributed by atoms with Crippen LogP contribution in [0.5, 0.6) is 5.75 Å². The lowest BCUT2D eigenvalue weighted by atomic mass is 10.1. The van der Waals surface area contributed by atoms with Gasteiger partial charge in [-0.1, -0.05) is 0 Å². The van der Waals surface area contributed by atoms with Crippen LogP contribution >= 0.6 is 0 Å². The summed E-state index contributed by atoms with van der Waals surface area (Å²) in [6, 6.07) is 6.72. The first-order valence-electron chi connectivity index (χ1n) is 6.36. The molecule has 1 aromatic heterocycles. The zero-order chi connectivity index (χ0) is 14.7. The second kappa shape index (κ2) is 5.64. The lowest BCUT2D eigenvalue weighted by Crippen LogP contribution is -2.14. The highest BCUT2D eigenvalue weighted by atomic mass is 16.5. The smallest absolute Gasteiger partial charge is 0.252 e. The van der Waals surface area contributed by atoms with Crippen molar-refractivity contribution in [3.05, 3.63) is 41.2 Å². The number of carbonyl (C=O) groups is 1. The van der Waals surface area contributed by atoms with Gasteiger partial charge in [0.05, 0.1) is 17.0 Å². The van der Waals surface area contributed by atoms with Gasteiger partial charge in [-0.3, -0.25) is 9.48 Å². The van der Waals surface area contributed by atoms with Crippen LogP contribution in [0.25, 0.3) is 0 Å². The predicted molar refractivity (Wildman–Crippen MR) is 76.3 cm³/mol. The number of primary amides is 1. The zero-order valence-corrected chi connectivity index (χ0v) is 11.6. The van der Waals surface area contributed by atoms with Crippen molar-refractivity contribution in [1.29, 1.82) is 0 Å². The number of anilines is 1. The lowest BCUT2D eigenvalue weighted by Gasteiger charge is -2.11. The fourth-order valence-corrected chi connectivity index (χ4v) is 2.00. The SMILES string of the molecule is CCn1nc(C)cc1COc1cc(N)ccc1C(N)=O. The number of aryl methyl sites for hydroxylation is 2. The van der Waals surface area contributed by atoms with Gasteiger partial charge in [0.2, 0.25) is 0 Å². The first kappa shape index (κ1) is 13.9. The maximum Gasteiger partial charge on any atom is 0.252 e. The average molecular weight is 274 g/mol. The Kier molecular flexibility index (Phi) is 3.93. The summed E-state index contributed by atoms with van der Waals surface area (Å²) < 4.78 is 7.53. The molecule has 0 unspecified atom stereocenters. The van der Waals surface area contributed by atoms with Crippen molar-refractivity contribution in [3.63, 3.8) is 0 Å². The van der Waals surface area contributed by atoms with Gasteiger partial charge in [0.15, 0.2) is 0 Å². The molecule has 1 heterocycles. The Hall–Kier alpha value is -2.50. The molecular formula is C14H18N4O2. The zero-order valence-electron chi connectivity index (χ0n) is 11.6. The van der Waals surface area contributed by atoms with Crippen LogP contribution in [0, 0.1) is 6.92 Å². The highest BCUT2D eigenvalue weighted by Gasteiger charge is 2.11. The number of amides is 1. The molecule has 6 heteroatoms. The van der Waals surface area contributed by atoms with Gasteiger partial charge in [0.1, 0.15) is 12.4 Å². The van der Waals surface area contributed by atoms with Crippen molar-refractivity contribution in [2.24, 2.45) is 5.73 Å². The number of hydrogen-bond acceptors (Lipinski definition) is 4. The fraction of sp³-hybridized carbons (Fsp3) is 0.286. The molecule has 20 heavy (non-hydrogen) atoms. The molecule has 0 saturated heterocycles. The van der Waals surface area contributed by atoms with Gasteiger partial charge in [-0.05, 0) is 32.0 Å². The minimum absolute atomic E-state index is 0.304. The Labute approximate surface area is 117 Å². The molecule has 1 aromatic carbocycles. The number of rotatable bonds is 5. The summed E-state index contributed by atoms with van der Waals surface area (Å²) in [7, 11) is 0. The van der Waals surface area contributed by atoms with E-state index in [0.717, 1.165) is 17.9 Å². The van der Waals surface area contributed by atoms with Crippen molar-refractivity contribution >= 4 is 11.6 Å². The van der Waals surface area contributed by atoms with E-state index in [1.54, 1.807) is 18.2 Å². The molecule has 4 N–H and O–H groups in total. The van der Waals surface area contributed by atoms with Crippen LogP contribution in [0.4, 0.5) is 5.69 Å². The van der Waals surface area contributed by atoms with Crippen molar-refractivity contribution in [3.8, 4) is 5.75 Å². The summed E-state index contributed by atoms with van der Waals surface area (Å²) in [4.78, 5) is 11.4. The maximum absolute atomic E-state index is 11.4. The molecule has 0 aliphatic rings. The third-order valence-corrected chi connectivity index (χ3v) is 2.93. The summed E-state index contributed by atoms with van der Waals surface area (Å²) in [5, 5.41) is 4.34. The van der Waals surface area contributed by atoms with E-state index in [-0.39, 0.29) is 0 Å². The van der Waals surface area contributed by atoms with Crippen molar-refractivity contribution in [1.82, 2.24) is 9.78 Å². The van der Waals surface area contributed by atoms with E-state index in [0.29, 0.717) is 23.6 Å². The van der Waals surface area contributed by atoms with E-state index in [1.807, 2.05) is 24.6 Å². The third-order valence-electron chi connectivity index (χ3n) is 2.93. The van der Waals surface area contributed by atoms with E-state index in [2.05, 4.69) is 5.10 Å². The Morgan fingerprint density at radius 2 is 2.15 bits per heavy atom. The number of nitrogens with two attached hydrogens (primary N) is 2. The van der Waals surface area contributed by atoms with E-state index in [4.69, 9.17) is 16.2 Å². The Balaban J connectivity index is 2.22. The van der Waals surface area contributed by atoms with Crippen LogP contribution in [-0.2, 0) is 13.2 Å². The molecule has 0 aliphatic heterocycles. The quantitative estimate of drug-likeness (QED) is 0.807. The predicted octanol–water partition coefficient (Wildman–Crippen LogP) is 1.47. The molecule has 0 atom stereocenters. The normalized spacial score (nSPS) is 10.5. The number of nitrogen functional groups attached to an aromatic ring is 1. The Morgan fingerprint density at radius 3 is 2.80 bits per heavy atom. The molecular weight excluding hydrogens is 256 g/mol. The fourth-order valence-electron chi connectivity index (χ4n) is 2.00. The van der Waals surface area contributed by atoms with Crippen LogP contribution < -0.4 is 16.2 Å². The monoisotopic (exact) mass is 274 g/mol. The molecule has 0 radical (unpaired) electrons. The number of nitrogens with zero attached hydrogens (tertiary/aromatic N) is 2. The van der Waals surface area contributed by atoms with Crippen LogP contribution in [0.2, 0.25) is 0 Å². The molecule has 0 bridgehead atoms. The highest BCUT2D eigenvalue weighted by Crippen LogP contribution is 2.22. The average Bonchev–Trinajstić information content (AvgIpc) is 2.76. The van der Waals surface area contributed by atoms with Crippen LogP contribution in [0.3, 0.4) is 0 Å². The highest BCUT2D eigenvalue weighted by molar-refractivity contribution is 5.96. The molecule has 6 nitrogen and oxygen atoms in total. The Bertz CT molecular complexity index is 634. The number of aromatic nitrogens is 2. The van der Waals surface area contributed by atoms with Crippen molar-refractivity contribution in [2.45, 2.75) is 27.0 Å². The van der Waals surface area contributed by atoms with E-state index < -0.39 is 5.91 Å². The first-order valence-corrected chi connectivity index (χ1v) is 6.36. The van der Waals surface area contributed by atoms with Gasteiger partial charge in [0.25, 0.3) is 5.91 Å². The summed E-state index contributed by atoms with van der Waals surface area (Å²) in [5.74, 6) is -0.154. The molecule has 0 spiro atoms. The van der Waals surface area contributed by atoms with Gasteiger partial charge < -0.3 is 16.2 Å². The van der Waals surface area contributed by atoms with Crippen LogP contribution in [0.15, 0.2) is 24.3 Å². The summed E-state index contributed by atoms with van der Waals surface area (Å²) in [6.45, 7) is 4.99.